The molecule has 0 unspecified atom stereocenters. The van der Waals surface area contributed by atoms with E-state index in [1.54, 1.807) is 6.92 Å². The monoisotopic (exact) mass is 394 g/mol. The summed E-state index contributed by atoms with van der Waals surface area (Å²) in [7, 11) is 0. The zero-order valence-electron chi connectivity index (χ0n) is 14.4. The summed E-state index contributed by atoms with van der Waals surface area (Å²) in [6, 6.07) is 8.30. The van der Waals surface area contributed by atoms with Crippen molar-refractivity contribution in [2.75, 3.05) is 6.61 Å². The maximum absolute atomic E-state index is 12.8. The van der Waals surface area contributed by atoms with Crippen LogP contribution in [0.25, 0.3) is 16.5 Å². The van der Waals surface area contributed by atoms with Crippen LogP contribution in [0, 0.1) is 0 Å². The molecule has 0 saturated carbocycles. The van der Waals surface area contributed by atoms with Crippen LogP contribution in [0.4, 0.5) is 13.2 Å². The van der Waals surface area contributed by atoms with Gasteiger partial charge in [-0.15, -0.1) is 13.2 Å². The zero-order valence-corrected chi connectivity index (χ0v) is 14.4. The van der Waals surface area contributed by atoms with Crippen LogP contribution in [0.1, 0.15) is 17.3 Å². The molecule has 146 valence electrons. The summed E-state index contributed by atoms with van der Waals surface area (Å²) in [6.07, 6.45) is -4.85. The number of aromatic amines is 1. The Morgan fingerprint density at radius 2 is 1.75 bits per heavy atom. The first-order valence-corrected chi connectivity index (χ1v) is 8.02. The number of rotatable bonds is 4. The number of benzene rings is 2. The molecule has 7 nitrogen and oxygen atoms in total. The summed E-state index contributed by atoms with van der Waals surface area (Å²) in [5.41, 5.74) is -1.07. The largest absolute Gasteiger partial charge is 0.573 e. The molecule has 1 N–H and O–H groups in total. The number of carbonyl (C=O) groups excluding carboxylic acids is 1. The van der Waals surface area contributed by atoms with E-state index in [0.29, 0.717) is 0 Å². The van der Waals surface area contributed by atoms with Crippen molar-refractivity contribution in [3.8, 4) is 11.4 Å². The van der Waals surface area contributed by atoms with E-state index >= 15 is 0 Å². The van der Waals surface area contributed by atoms with Gasteiger partial charge in [-0.1, -0.05) is 0 Å². The highest BCUT2D eigenvalue weighted by molar-refractivity contribution is 5.94. The van der Waals surface area contributed by atoms with E-state index in [2.05, 4.69) is 9.84 Å². The van der Waals surface area contributed by atoms with E-state index in [1.807, 2.05) is 0 Å². The van der Waals surface area contributed by atoms with Crippen LogP contribution in [-0.4, -0.2) is 28.7 Å². The lowest BCUT2D eigenvalue weighted by Crippen LogP contribution is -2.28. The molecule has 2 aromatic carbocycles. The molecule has 3 rings (SSSR count). The SMILES string of the molecule is CCOC(=O)c1ccc2c(=O)[nH]n(-c3ccc(OC(F)(F)F)cc3)c(=O)c2c1. The molecule has 0 radical (unpaired) electrons. The second-order valence-corrected chi connectivity index (χ2v) is 5.60. The van der Waals surface area contributed by atoms with Crippen LogP contribution < -0.4 is 15.9 Å². The Bertz CT molecular complexity index is 1150. The summed E-state index contributed by atoms with van der Waals surface area (Å²) in [5, 5.41) is 2.37. The Balaban J connectivity index is 2.09. The molecule has 0 fully saturated rings. The van der Waals surface area contributed by atoms with Crippen molar-refractivity contribution in [3.63, 3.8) is 0 Å². The maximum Gasteiger partial charge on any atom is 0.573 e. The van der Waals surface area contributed by atoms with Gasteiger partial charge in [0.25, 0.3) is 11.1 Å². The quantitative estimate of drug-likeness (QED) is 0.688. The van der Waals surface area contributed by atoms with Gasteiger partial charge in [0, 0.05) is 0 Å². The fraction of sp³-hybridized carbons (Fsp3) is 0.167. The van der Waals surface area contributed by atoms with Gasteiger partial charge in [0.2, 0.25) is 0 Å². The zero-order chi connectivity index (χ0) is 20.5. The Hall–Kier alpha value is -3.56. The van der Waals surface area contributed by atoms with E-state index in [1.165, 1.54) is 30.3 Å². The molecule has 0 saturated heterocycles. The van der Waals surface area contributed by atoms with Gasteiger partial charge >= 0.3 is 12.3 Å². The summed E-state index contributed by atoms with van der Waals surface area (Å²) < 4.78 is 46.3. The molecule has 0 amide bonds. The smallest absolute Gasteiger partial charge is 0.462 e. The topological polar surface area (TPSA) is 90.4 Å². The predicted octanol–water partition coefficient (Wildman–Crippen LogP) is 2.75. The first-order valence-electron chi connectivity index (χ1n) is 8.02. The molecule has 3 aromatic rings. The molecule has 0 aliphatic heterocycles. The molecule has 0 atom stereocenters. The number of H-pyrrole nitrogens is 1. The van der Waals surface area contributed by atoms with E-state index < -0.39 is 29.2 Å². The lowest BCUT2D eigenvalue weighted by atomic mass is 10.1. The van der Waals surface area contributed by atoms with Crippen LogP contribution in [0.3, 0.4) is 0 Å². The van der Waals surface area contributed by atoms with Gasteiger partial charge in [0.1, 0.15) is 5.75 Å². The van der Waals surface area contributed by atoms with Crippen molar-refractivity contribution in [1.82, 2.24) is 9.78 Å². The van der Waals surface area contributed by atoms with Crippen molar-refractivity contribution in [2.45, 2.75) is 13.3 Å². The van der Waals surface area contributed by atoms with Crippen LogP contribution in [-0.2, 0) is 4.74 Å². The first-order chi connectivity index (χ1) is 13.2. The van der Waals surface area contributed by atoms with Crippen molar-refractivity contribution in [2.24, 2.45) is 0 Å². The standard InChI is InChI=1S/C18H13F3N2O5/c1-2-27-17(26)10-3-8-13-14(9-10)16(25)23(22-15(13)24)11-4-6-12(7-5-11)28-18(19,20)21/h3-9H,2H2,1H3,(H,22,24). The Morgan fingerprint density at radius 1 is 1.07 bits per heavy atom. The first kappa shape index (κ1) is 19.2. The third-order valence-electron chi connectivity index (χ3n) is 3.75. The van der Waals surface area contributed by atoms with Gasteiger partial charge in [0.15, 0.2) is 0 Å². The van der Waals surface area contributed by atoms with E-state index in [0.717, 1.165) is 16.8 Å². The number of halogens is 3. The third-order valence-corrected chi connectivity index (χ3v) is 3.75. The number of ether oxygens (including phenoxy) is 2. The molecular weight excluding hydrogens is 381 g/mol. The Kier molecular flexibility index (Phi) is 4.95. The van der Waals surface area contributed by atoms with Crippen LogP contribution in [0.5, 0.6) is 5.75 Å². The molecule has 1 aromatic heterocycles. The predicted molar refractivity (Wildman–Crippen MR) is 92.8 cm³/mol. The minimum atomic E-state index is -4.85. The number of aromatic nitrogens is 2. The normalized spacial score (nSPS) is 11.4. The number of hydrogen-bond acceptors (Lipinski definition) is 5. The van der Waals surface area contributed by atoms with Gasteiger partial charge in [0.05, 0.1) is 28.6 Å². The molecular formula is C18H13F3N2O5. The molecule has 10 heteroatoms. The van der Waals surface area contributed by atoms with Crippen molar-refractivity contribution < 1.29 is 27.4 Å². The van der Waals surface area contributed by atoms with Gasteiger partial charge in [-0.3, -0.25) is 14.7 Å². The second-order valence-electron chi connectivity index (χ2n) is 5.60. The minimum Gasteiger partial charge on any atom is -0.462 e. The van der Waals surface area contributed by atoms with E-state index in [4.69, 9.17) is 4.74 Å². The minimum absolute atomic E-state index is 0.0371. The lowest BCUT2D eigenvalue weighted by molar-refractivity contribution is -0.274. The Labute approximate surface area is 154 Å². The maximum atomic E-state index is 12.8. The number of esters is 1. The average Bonchev–Trinajstić information content (AvgIpc) is 2.64. The fourth-order valence-corrected chi connectivity index (χ4v) is 2.57. The number of nitrogens with one attached hydrogen (secondary N) is 1. The molecule has 0 aliphatic rings. The molecule has 0 bridgehead atoms. The number of carbonyl (C=O) groups is 1. The third kappa shape index (κ3) is 3.90. The summed E-state index contributed by atoms with van der Waals surface area (Å²) in [4.78, 5) is 36.9. The van der Waals surface area contributed by atoms with Crippen molar-refractivity contribution in [1.29, 1.82) is 0 Å². The number of hydrogen-bond donors (Lipinski definition) is 1. The van der Waals surface area contributed by atoms with Crippen LogP contribution in [0.15, 0.2) is 52.1 Å². The number of nitrogens with zero attached hydrogens (tertiary/aromatic N) is 1. The highest BCUT2D eigenvalue weighted by atomic mass is 19.4. The molecule has 28 heavy (non-hydrogen) atoms. The van der Waals surface area contributed by atoms with Gasteiger partial charge in [-0.2, -0.15) is 0 Å². The molecule has 1 heterocycles. The fourth-order valence-electron chi connectivity index (χ4n) is 2.57. The average molecular weight is 394 g/mol. The van der Waals surface area contributed by atoms with Crippen molar-refractivity contribution in [3.05, 3.63) is 68.7 Å². The second kappa shape index (κ2) is 7.22. The highest BCUT2D eigenvalue weighted by Crippen LogP contribution is 2.23. The Morgan fingerprint density at radius 3 is 2.36 bits per heavy atom. The number of alkyl halides is 3. The molecule has 0 spiro atoms. The summed E-state index contributed by atoms with van der Waals surface area (Å²) in [5.74, 6) is -1.12. The summed E-state index contributed by atoms with van der Waals surface area (Å²) in [6.45, 7) is 1.77. The van der Waals surface area contributed by atoms with Gasteiger partial charge in [-0.25, -0.2) is 9.48 Å². The van der Waals surface area contributed by atoms with Crippen LogP contribution >= 0.6 is 0 Å². The van der Waals surface area contributed by atoms with E-state index in [9.17, 15) is 27.6 Å². The highest BCUT2D eigenvalue weighted by Gasteiger charge is 2.31. The molecule has 0 aliphatic carbocycles. The van der Waals surface area contributed by atoms with Gasteiger partial charge in [-0.05, 0) is 49.4 Å². The lowest BCUT2D eigenvalue weighted by Gasteiger charge is -2.11. The number of fused-ring (bicyclic) bond motifs is 1. The van der Waals surface area contributed by atoms with E-state index in [-0.39, 0.29) is 28.6 Å². The van der Waals surface area contributed by atoms with Gasteiger partial charge < -0.3 is 9.47 Å². The van der Waals surface area contributed by atoms with Crippen LogP contribution in [0.2, 0.25) is 0 Å². The van der Waals surface area contributed by atoms with Crippen molar-refractivity contribution >= 4 is 16.7 Å². The summed E-state index contributed by atoms with van der Waals surface area (Å²) >= 11 is 0.